The van der Waals surface area contributed by atoms with E-state index in [1.165, 1.54) is 0 Å². The average Bonchev–Trinajstić information content (AvgIpc) is 3.11. The van der Waals surface area contributed by atoms with Crippen LogP contribution in [0.15, 0.2) is 59.7 Å². The second-order valence-electron chi connectivity index (χ2n) is 5.51. The number of aromatic nitrogens is 2. The summed E-state index contributed by atoms with van der Waals surface area (Å²) in [7, 11) is 0. The van der Waals surface area contributed by atoms with Gasteiger partial charge in [-0.2, -0.15) is 0 Å². The lowest BCUT2D eigenvalue weighted by Gasteiger charge is -2.09. The number of para-hydroxylation sites is 1. The first-order valence-corrected chi connectivity index (χ1v) is 8.79. The molecule has 4 rings (SSSR count). The van der Waals surface area contributed by atoms with E-state index in [1.807, 2.05) is 24.3 Å². The van der Waals surface area contributed by atoms with Crippen LogP contribution in [0.4, 0.5) is 0 Å². The zero-order valence-corrected chi connectivity index (χ0v) is 14.4. The highest BCUT2D eigenvalue weighted by molar-refractivity contribution is 7.20. The van der Waals surface area contributed by atoms with Gasteiger partial charge in [-0.15, -0.1) is 11.3 Å². The quantitative estimate of drug-likeness (QED) is 0.433. The van der Waals surface area contributed by atoms with E-state index >= 15 is 0 Å². The lowest BCUT2D eigenvalue weighted by atomic mass is 10.2. The van der Waals surface area contributed by atoms with Crippen LogP contribution in [0.3, 0.4) is 0 Å². The molecule has 26 heavy (non-hydrogen) atoms. The molecule has 0 fully saturated rings. The summed E-state index contributed by atoms with van der Waals surface area (Å²) in [6.07, 6.45) is 3.23. The monoisotopic (exact) mass is 366 g/mol. The van der Waals surface area contributed by atoms with E-state index in [4.69, 9.17) is 9.47 Å². The summed E-state index contributed by atoms with van der Waals surface area (Å²) >= 11 is 1.12. The first-order chi connectivity index (χ1) is 12.7. The molecule has 3 heterocycles. The summed E-state index contributed by atoms with van der Waals surface area (Å²) in [5.41, 5.74) is 0.636. The van der Waals surface area contributed by atoms with Gasteiger partial charge in [-0.05, 0) is 30.3 Å². The van der Waals surface area contributed by atoms with Gasteiger partial charge in [0.2, 0.25) is 0 Å². The molecule has 0 saturated carbocycles. The van der Waals surface area contributed by atoms with Crippen LogP contribution in [0.2, 0.25) is 0 Å². The topological polar surface area (TPSA) is 81.3 Å². The molecule has 0 bridgehead atoms. The summed E-state index contributed by atoms with van der Waals surface area (Å²) in [5, 5.41) is 1.63. The maximum absolute atomic E-state index is 12.2. The fourth-order valence-corrected chi connectivity index (χ4v) is 3.58. The zero-order valence-electron chi connectivity index (χ0n) is 13.6. The maximum atomic E-state index is 12.2. The van der Waals surface area contributed by atoms with Crippen LogP contribution in [-0.4, -0.2) is 29.2 Å². The number of thiophene rings is 1. The van der Waals surface area contributed by atoms with Crippen LogP contribution in [0.5, 0.6) is 5.75 Å². The standard InChI is InChI=1S/C19H14N2O4S/c22-18-17-12(5-7-21-18)11-16(26-17)19(23)25-10-9-24-15-6-8-20-14-4-2-1-3-13(14)15/h1-8,11H,9-10H2,(H,21,22). The lowest BCUT2D eigenvalue weighted by Crippen LogP contribution is -2.11. The number of carbonyl (C=O) groups excluding carboxylic acids is 1. The Labute approximate surface area is 152 Å². The molecule has 0 aliphatic heterocycles. The fraction of sp³-hybridized carbons (Fsp3) is 0.105. The van der Waals surface area contributed by atoms with Gasteiger partial charge in [0.05, 0.1) is 5.52 Å². The second-order valence-corrected chi connectivity index (χ2v) is 6.56. The molecule has 0 spiro atoms. The molecular weight excluding hydrogens is 352 g/mol. The van der Waals surface area contributed by atoms with E-state index < -0.39 is 5.97 Å². The highest BCUT2D eigenvalue weighted by Gasteiger charge is 2.13. The van der Waals surface area contributed by atoms with E-state index in [1.54, 1.807) is 30.6 Å². The number of nitrogens with zero attached hydrogens (tertiary/aromatic N) is 1. The van der Waals surface area contributed by atoms with Crippen LogP contribution in [0.25, 0.3) is 21.0 Å². The number of benzene rings is 1. The second kappa shape index (κ2) is 6.97. The van der Waals surface area contributed by atoms with E-state index in [0.717, 1.165) is 27.6 Å². The SMILES string of the molecule is O=C(OCCOc1ccnc2ccccc12)c1cc2cc[nH]c(=O)c2s1. The number of nitrogens with one attached hydrogen (secondary N) is 1. The van der Waals surface area contributed by atoms with Crippen LogP contribution in [0.1, 0.15) is 9.67 Å². The van der Waals surface area contributed by atoms with Crippen LogP contribution in [-0.2, 0) is 4.74 Å². The number of esters is 1. The molecule has 0 aliphatic carbocycles. The average molecular weight is 366 g/mol. The van der Waals surface area contributed by atoms with Gasteiger partial charge in [-0.3, -0.25) is 9.78 Å². The van der Waals surface area contributed by atoms with E-state index in [0.29, 0.717) is 15.3 Å². The van der Waals surface area contributed by atoms with Gasteiger partial charge in [0, 0.05) is 23.2 Å². The first-order valence-electron chi connectivity index (χ1n) is 7.97. The molecule has 1 N–H and O–H groups in total. The molecule has 3 aromatic heterocycles. The highest BCUT2D eigenvalue weighted by atomic mass is 32.1. The Balaban J connectivity index is 1.39. The van der Waals surface area contributed by atoms with Crippen molar-refractivity contribution in [3.8, 4) is 5.75 Å². The number of rotatable bonds is 5. The Hall–Kier alpha value is -3.19. The zero-order chi connectivity index (χ0) is 17.9. The largest absolute Gasteiger partial charge is 0.489 e. The van der Waals surface area contributed by atoms with Crippen molar-refractivity contribution in [1.29, 1.82) is 0 Å². The molecule has 4 aromatic rings. The minimum Gasteiger partial charge on any atom is -0.489 e. The van der Waals surface area contributed by atoms with Crippen molar-refractivity contribution in [2.45, 2.75) is 0 Å². The number of fused-ring (bicyclic) bond motifs is 2. The van der Waals surface area contributed by atoms with Crippen LogP contribution in [0, 0.1) is 0 Å². The molecule has 0 saturated heterocycles. The number of hydrogen-bond donors (Lipinski definition) is 1. The third kappa shape index (κ3) is 3.16. The summed E-state index contributed by atoms with van der Waals surface area (Å²) in [5.74, 6) is 0.230. The molecule has 0 amide bonds. The number of pyridine rings is 2. The highest BCUT2D eigenvalue weighted by Crippen LogP contribution is 2.24. The number of hydrogen-bond acceptors (Lipinski definition) is 6. The van der Waals surface area contributed by atoms with Crippen molar-refractivity contribution >= 4 is 38.3 Å². The number of H-pyrrole nitrogens is 1. The fourth-order valence-electron chi connectivity index (χ4n) is 2.63. The van der Waals surface area contributed by atoms with Crippen molar-refractivity contribution < 1.29 is 14.3 Å². The number of aromatic amines is 1. The predicted octanol–water partition coefficient (Wildman–Crippen LogP) is 3.37. The van der Waals surface area contributed by atoms with Crippen LogP contribution < -0.4 is 10.3 Å². The Bertz CT molecular complexity index is 1140. The molecule has 130 valence electrons. The molecule has 0 unspecified atom stereocenters. The summed E-state index contributed by atoms with van der Waals surface area (Å²) in [6.45, 7) is 0.339. The van der Waals surface area contributed by atoms with Gasteiger partial charge in [-0.25, -0.2) is 4.79 Å². The Morgan fingerprint density at radius 2 is 2.04 bits per heavy atom. The number of carbonyl (C=O) groups is 1. The minimum atomic E-state index is -0.464. The smallest absolute Gasteiger partial charge is 0.348 e. The van der Waals surface area contributed by atoms with Crippen molar-refractivity contribution in [3.63, 3.8) is 0 Å². The lowest BCUT2D eigenvalue weighted by molar-refractivity contribution is 0.0457. The summed E-state index contributed by atoms with van der Waals surface area (Å²) in [6, 6.07) is 12.9. The van der Waals surface area contributed by atoms with E-state index in [2.05, 4.69) is 9.97 Å². The Morgan fingerprint density at radius 3 is 2.92 bits per heavy atom. The van der Waals surface area contributed by atoms with Crippen molar-refractivity contribution in [1.82, 2.24) is 9.97 Å². The summed E-state index contributed by atoms with van der Waals surface area (Å²) in [4.78, 5) is 31.1. The Morgan fingerprint density at radius 1 is 1.15 bits per heavy atom. The van der Waals surface area contributed by atoms with E-state index in [-0.39, 0.29) is 18.8 Å². The third-order valence-corrected chi connectivity index (χ3v) is 4.96. The van der Waals surface area contributed by atoms with E-state index in [9.17, 15) is 9.59 Å². The van der Waals surface area contributed by atoms with Crippen molar-refractivity contribution in [3.05, 3.63) is 70.1 Å². The molecule has 7 heteroatoms. The molecular formula is C19H14N2O4S. The van der Waals surface area contributed by atoms with Crippen LogP contribution >= 0.6 is 11.3 Å². The molecule has 6 nitrogen and oxygen atoms in total. The predicted molar refractivity (Wildman–Crippen MR) is 100.0 cm³/mol. The molecule has 1 aromatic carbocycles. The van der Waals surface area contributed by atoms with Gasteiger partial charge in [-0.1, -0.05) is 12.1 Å². The molecule has 0 atom stereocenters. The number of ether oxygens (including phenoxy) is 2. The van der Waals surface area contributed by atoms with Gasteiger partial charge in [0.1, 0.15) is 28.5 Å². The van der Waals surface area contributed by atoms with Crippen molar-refractivity contribution in [2.75, 3.05) is 13.2 Å². The van der Waals surface area contributed by atoms with Gasteiger partial charge < -0.3 is 14.5 Å². The van der Waals surface area contributed by atoms with Crippen molar-refractivity contribution in [2.24, 2.45) is 0 Å². The van der Waals surface area contributed by atoms with Gasteiger partial charge in [0.25, 0.3) is 5.56 Å². The minimum absolute atomic E-state index is 0.111. The van der Waals surface area contributed by atoms with Gasteiger partial charge >= 0.3 is 5.97 Å². The Kier molecular flexibility index (Phi) is 4.37. The molecule has 0 aliphatic rings. The normalized spacial score (nSPS) is 10.9. The maximum Gasteiger partial charge on any atom is 0.348 e. The molecule has 0 radical (unpaired) electrons. The third-order valence-electron chi connectivity index (χ3n) is 3.83. The van der Waals surface area contributed by atoms with Gasteiger partial charge in [0.15, 0.2) is 0 Å². The first kappa shape index (κ1) is 16.3. The summed E-state index contributed by atoms with van der Waals surface area (Å²) < 4.78 is 11.5.